The maximum Gasteiger partial charge on any atom is 0.293 e. The van der Waals surface area contributed by atoms with Crippen molar-refractivity contribution in [1.82, 2.24) is 4.98 Å². The Bertz CT molecular complexity index is 766. The second-order valence-electron chi connectivity index (χ2n) is 4.17. The van der Waals surface area contributed by atoms with E-state index >= 15 is 0 Å². The highest BCUT2D eigenvalue weighted by Crippen LogP contribution is 2.33. The average molecular weight is 303 g/mol. The van der Waals surface area contributed by atoms with Crippen molar-refractivity contribution < 1.29 is 13.6 Å². The van der Waals surface area contributed by atoms with Gasteiger partial charge in [-0.1, -0.05) is 11.3 Å². The van der Waals surface area contributed by atoms with Crippen molar-refractivity contribution in [3.05, 3.63) is 54.2 Å². The first-order chi connectivity index (χ1) is 10.1. The van der Waals surface area contributed by atoms with E-state index in [1.807, 2.05) is 0 Å². The molecule has 2 aromatic heterocycles. The normalized spacial score (nSPS) is 10.5. The SMILES string of the molecule is Nc1sc(NC(=O)c2ccco2)nc1-c1ccc(F)cc1. The minimum absolute atomic E-state index is 0.187. The van der Waals surface area contributed by atoms with Gasteiger partial charge in [0.25, 0.3) is 5.91 Å². The van der Waals surface area contributed by atoms with Crippen LogP contribution in [0.1, 0.15) is 10.6 Å². The van der Waals surface area contributed by atoms with E-state index in [9.17, 15) is 9.18 Å². The molecule has 5 nitrogen and oxygen atoms in total. The minimum atomic E-state index is -0.403. The second-order valence-corrected chi connectivity index (χ2v) is 5.20. The molecule has 0 fully saturated rings. The Morgan fingerprint density at radius 3 is 2.71 bits per heavy atom. The number of carbonyl (C=O) groups excluding carboxylic acids is 1. The van der Waals surface area contributed by atoms with Gasteiger partial charge < -0.3 is 10.2 Å². The van der Waals surface area contributed by atoms with Crippen molar-refractivity contribution in [3.63, 3.8) is 0 Å². The zero-order valence-electron chi connectivity index (χ0n) is 10.7. The van der Waals surface area contributed by atoms with Gasteiger partial charge in [-0.15, -0.1) is 0 Å². The molecule has 106 valence electrons. The van der Waals surface area contributed by atoms with Crippen molar-refractivity contribution in [2.75, 3.05) is 11.1 Å². The van der Waals surface area contributed by atoms with E-state index < -0.39 is 5.91 Å². The third-order valence-corrected chi connectivity index (χ3v) is 3.54. The quantitative estimate of drug-likeness (QED) is 0.777. The second kappa shape index (κ2) is 5.37. The Morgan fingerprint density at radius 2 is 2.05 bits per heavy atom. The molecule has 0 radical (unpaired) electrons. The largest absolute Gasteiger partial charge is 0.459 e. The van der Waals surface area contributed by atoms with Crippen LogP contribution in [0, 0.1) is 5.82 Å². The topological polar surface area (TPSA) is 81.1 Å². The lowest BCUT2D eigenvalue weighted by molar-refractivity contribution is 0.0996. The lowest BCUT2D eigenvalue weighted by atomic mass is 10.1. The fraction of sp³-hybridized carbons (Fsp3) is 0. The van der Waals surface area contributed by atoms with Crippen molar-refractivity contribution in [2.45, 2.75) is 0 Å². The number of benzene rings is 1. The highest BCUT2D eigenvalue weighted by atomic mass is 32.1. The molecule has 0 bridgehead atoms. The van der Waals surface area contributed by atoms with Gasteiger partial charge in [0.05, 0.1) is 6.26 Å². The average Bonchev–Trinajstić information content (AvgIpc) is 3.10. The van der Waals surface area contributed by atoms with Crippen LogP contribution in [0.15, 0.2) is 47.1 Å². The molecule has 0 saturated carbocycles. The van der Waals surface area contributed by atoms with Gasteiger partial charge in [0.2, 0.25) is 0 Å². The highest BCUT2D eigenvalue weighted by Gasteiger charge is 2.15. The number of nitrogen functional groups attached to an aromatic ring is 1. The van der Waals surface area contributed by atoms with Crippen molar-refractivity contribution in [2.24, 2.45) is 0 Å². The fourth-order valence-corrected chi connectivity index (χ4v) is 2.52. The molecule has 3 N–H and O–H groups in total. The van der Waals surface area contributed by atoms with E-state index in [1.165, 1.54) is 18.4 Å². The number of carbonyl (C=O) groups is 1. The van der Waals surface area contributed by atoms with E-state index in [0.717, 1.165) is 11.3 Å². The van der Waals surface area contributed by atoms with Gasteiger partial charge in [0.15, 0.2) is 10.9 Å². The van der Waals surface area contributed by atoms with Crippen LogP contribution in [0.4, 0.5) is 14.5 Å². The van der Waals surface area contributed by atoms with Crippen molar-refractivity contribution >= 4 is 27.4 Å². The molecule has 7 heteroatoms. The van der Waals surface area contributed by atoms with E-state index in [1.54, 1.807) is 24.3 Å². The summed E-state index contributed by atoms with van der Waals surface area (Å²) in [6, 6.07) is 8.99. The Kier molecular flexibility index (Phi) is 3.41. The molecule has 0 aliphatic heterocycles. The first-order valence-electron chi connectivity index (χ1n) is 6.00. The number of thiazole rings is 1. The molecule has 0 aliphatic carbocycles. The Morgan fingerprint density at radius 1 is 1.29 bits per heavy atom. The number of nitrogens with one attached hydrogen (secondary N) is 1. The number of hydrogen-bond donors (Lipinski definition) is 2. The summed E-state index contributed by atoms with van der Waals surface area (Å²) in [5.41, 5.74) is 7.09. The molecule has 21 heavy (non-hydrogen) atoms. The summed E-state index contributed by atoms with van der Waals surface area (Å²) in [5.74, 6) is -0.551. The lowest BCUT2D eigenvalue weighted by Gasteiger charge is -1.98. The number of nitrogens with two attached hydrogens (primary N) is 1. The van der Waals surface area contributed by atoms with E-state index in [-0.39, 0.29) is 11.6 Å². The molecule has 0 saturated heterocycles. The lowest BCUT2D eigenvalue weighted by Crippen LogP contribution is -2.10. The first kappa shape index (κ1) is 13.3. The molecule has 0 atom stereocenters. The van der Waals surface area contributed by atoms with Crippen LogP contribution in [-0.4, -0.2) is 10.9 Å². The first-order valence-corrected chi connectivity index (χ1v) is 6.82. The number of hydrogen-bond acceptors (Lipinski definition) is 5. The number of halogens is 1. The van der Waals surface area contributed by atoms with E-state index in [4.69, 9.17) is 10.2 Å². The minimum Gasteiger partial charge on any atom is -0.459 e. The van der Waals surface area contributed by atoms with Gasteiger partial charge in [0.1, 0.15) is 16.5 Å². The number of furan rings is 1. The fourth-order valence-electron chi connectivity index (χ4n) is 1.77. The number of aromatic nitrogens is 1. The number of anilines is 2. The molecule has 1 amide bonds. The monoisotopic (exact) mass is 303 g/mol. The van der Waals surface area contributed by atoms with Crippen LogP contribution in [0.25, 0.3) is 11.3 Å². The van der Waals surface area contributed by atoms with E-state index in [0.29, 0.717) is 21.4 Å². The summed E-state index contributed by atoms with van der Waals surface area (Å²) in [6.07, 6.45) is 1.41. The summed E-state index contributed by atoms with van der Waals surface area (Å²) < 4.78 is 17.9. The number of amides is 1. The highest BCUT2D eigenvalue weighted by molar-refractivity contribution is 7.20. The van der Waals surface area contributed by atoms with Gasteiger partial charge in [0, 0.05) is 5.56 Å². The van der Waals surface area contributed by atoms with Crippen LogP contribution < -0.4 is 11.1 Å². The van der Waals surface area contributed by atoms with Crippen LogP contribution in [0.2, 0.25) is 0 Å². The molecule has 2 heterocycles. The summed E-state index contributed by atoms with van der Waals surface area (Å²) in [6.45, 7) is 0. The van der Waals surface area contributed by atoms with Crippen LogP contribution >= 0.6 is 11.3 Å². The number of nitrogens with zero attached hydrogens (tertiary/aromatic N) is 1. The Balaban J connectivity index is 1.84. The molecular formula is C14H10FN3O2S. The summed E-state index contributed by atoms with van der Waals surface area (Å²) in [5, 5.41) is 3.40. The molecule has 0 unspecified atom stereocenters. The summed E-state index contributed by atoms with van der Waals surface area (Å²) >= 11 is 1.14. The zero-order valence-corrected chi connectivity index (χ0v) is 11.5. The third-order valence-electron chi connectivity index (χ3n) is 2.74. The summed E-state index contributed by atoms with van der Waals surface area (Å²) in [4.78, 5) is 16.1. The predicted octanol–water partition coefficient (Wildman–Crippen LogP) is 3.38. The van der Waals surface area contributed by atoms with Gasteiger partial charge >= 0.3 is 0 Å². The van der Waals surface area contributed by atoms with Crippen LogP contribution in [0.5, 0.6) is 0 Å². The summed E-state index contributed by atoms with van der Waals surface area (Å²) in [7, 11) is 0. The smallest absolute Gasteiger partial charge is 0.293 e. The third kappa shape index (κ3) is 2.77. The molecule has 1 aromatic carbocycles. The standard InChI is InChI=1S/C14H10FN3O2S/c15-9-5-3-8(4-6-9)11-12(16)21-14(17-11)18-13(19)10-2-1-7-20-10/h1-7H,16H2,(H,17,18,19). The molecule has 3 aromatic rings. The Hall–Kier alpha value is -2.67. The van der Waals surface area contributed by atoms with Gasteiger partial charge in [-0.3, -0.25) is 10.1 Å². The maximum absolute atomic E-state index is 12.9. The van der Waals surface area contributed by atoms with Crippen molar-refractivity contribution in [3.8, 4) is 11.3 Å². The molecular weight excluding hydrogens is 293 g/mol. The van der Waals surface area contributed by atoms with Crippen LogP contribution in [0.3, 0.4) is 0 Å². The Labute approximate surface area is 123 Å². The predicted molar refractivity (Wildman–Crippen MR) is 78.6 cm³/mol. The van der Waals surface area contributed by atoms with Gasteiger partial charge in [-0.2, -0.15) is 0 Å². The maximum atomic E-state index is 12.9. The van der Waals surface area contributed by atoms with E-state index in [2.05, 4.69) is 10.3 Å². The van der Waals surface area contributed by atoms with Gasteiger partial charge in [-0.25, -0.2) is 9.37 Å². The van der Waals surface area contributed by atoms with Gasteiger partial charge in [-0.05, 0) is 36.4 Å². The number of rotatable bonds is 3. The van der Waals surface area contributed by atoms with Crippen molar-refractivity contribution in [1.29, 1.82) is 0 Å². The molecule has 3 rings (SSSR count). The van der Waals surface area contributed by atoms with Crippen LogP contribution in [-0.2, 0) is 0 Å². The molecule has 0 spiro atoms. The zero-order chi connectivity index (χ0) is 14.8. The molecule has 0 aliphatic rings.